The maximum atomic E-state index is 4.24. The van der Waals surface area contributed by atoms with Crippen molar-refractivity contribution in [2.24, 2.45) is 0 Å². The van der Waals surface area contributed by atoms with E-state index in [9.17, 15) is 0 Å². The Morgan fingerprint density at radius 2 is 1.81 bits per heavy atom. The molecule has 2 N–H and O–H groups in total. The Morgan fingerprint density at radius 1 is 1.12 bits per heavy atom. The molecule has 0 unspecified atom stereocenters. The second-order valence-corrected chi connectivity index (χ2v) is 4.53. The van der Waals surface area contributed by atoms with Crippen LogP contribution in [-0.2, 0) is 0 Å². The van der Waals surface area contributed by atoms with E-state index in [1.165, 1.54) is 25.7 Å². The van der Waals surface area contributed by atoms with Crippen LogP contribution >= 0.6 is 0 Å². The molecule has 16 heavy (non-hydrogen) atoms. The molecule has 0 radical (unpaired) electrons. The molecule has 1 aromatic rings. The summed E-state index contributed by atoms with van der Waals surface area (Å²) in [5, 5.41) is 6.83. The normalized spacial score (nSPS) is 25.4. The Balaban J connectivity index is 1.87. The lowest BCUT2D eigenvalue weighted by Gasteiger charge is -2.29. The minimum absolute atomic E-state index is 0.568. The molecule has 0 amide bonds. The zero-order valence-corrected chi connectivity index (χ0v) is 10.0. The first-order valence-corrected chi connectivity index (χ1v) is 6.00. The van der Waals surface area contributed by atoms with E-state index >= 15 is 0 Å². The van der Waals surface area contributed by atoms with E-state index in [1.54, 1.807) is 6.33 Å². The van der Waals surface area contributed by atoms with E-state index in [1.807, 2.05) is 20.0 Å². The molecule has 0 aliphatic heterocycles. The van der Waals surface area contributed by atoms with Gasteiger partial charge in [0, 0.05) is 23.8 Å². The van der Waals surface area contributed by atoms with Gasteiger partial charge < -0.3 is 10.6 Å². The highest BCUT2D eigenvalue weighted by atomic mass is 15.0. The van der Waals surface area contributed by atoms with E-state index in [0.717, 1.165) is 11.5 Å². The highest BCUT2D eigenvalue weighted by molar-refractivity contribution is 5.35. The molecular weight excluding hydrogens is 200 g/mol. The molecular formula is C12H20N4. The quantitative estimate of drug-likeness (QED) is 0.814. The number of aryl methyl sites for hydroxylation is 1. The van der Waals surface area contributed by atoms with Crippen molar-refractivity contribution < 1.29 is 0 Å². The second kappa shape index (κ2) is 5.25. The van der Waals surface area contributed by atoms with Gasteiger partial charge in [0.25, 0.3) is 0 Å². The predicted octanol–water partition coefficient (Wildman–Crippen LogP) is 1.73. The first kappa shape index (κ1) is 11.3. The minimum Gasteiger partial charge on any atom is -0.367 e. The van der Waals surface area contributed by atoms with Gasteiger partial charge in [-0.3, -0.25) is 0 Å². The van der Waals surface area contributed by atoms with Crippen molar-refractivity contribution in [3.05, 3.63) is 18.1 Å². The van der Waals surface area contributed by atoms with Gasteiger partial charge >= 0.3 is 0 Å². The van der Waals surface area contributed by atoms with Gasteiger partial charge in [-0.1, -0.05) is 0 Å². The van der Waals surface area contributed by atoms with Crippen molar-refractivity contribution in [3.8, 4) is 0 Å². The zero-order chi connectivity index (χ0) is 11.4. The third kappa shape index (κ3) is 2.92. The summed E-state index contributed by atoms with van der Waals surface area (Å²) in [6, 6.07) is 3.27. The number of hydrogen-bond donors (Lipinski definition) is 2. The van der Waals surface area contributed by atoms with E-state index in [2.05, 4.69) is 20.6 Å². The van der Waals surface area contributed by atoms with Gasteiger partial charge in [-0.15, -0.1) is 0 Å². The molecule has 0 atom stereocenters. The number of rotatable bonds is 3. The van der Waals surface area contributed by atoms with Crippen LogP contribution in [0.5, 0.6) is 0 Å². The van der Waals surface area contributed by atoms with Gasteiger partial charge in [-0.05, 0) is 39.7 Å². The first-order chi connectivity index (χ1) is 7.78. The van der Waals surface area contributed by atoms with Crippen LogP contribution in [0.25, 0.3) is 0 Å². The Bertz CT molecular complexity index is 332. The van der Waals surface area contributed by atoms with Crippen molar-refractivity contribution in [2.75, 3.05) is 12.4 Å². The van der Waals surface area contributed by atoms with Crippen molar-refractivity contribution in [3.63, 3.8) is 0 Å². The summed E-state index contributed by atoms with van der Waals surface area (Å²) in [5.74, 6) is 0.959. The maximum Gasteiger partial charge on any atom is 0.129 e. The van der Waals surface area contributed by atoms with Crippen LogP contribution < -0.4 is 10.6 Å². The van der Waals surface area contributed by atoms with Crippen LogP contribution in [0.15, 0.2) is 12.4 Å². The van der Waals surface area contributed by atoms with Crippen molar-refractivity contribution in [2.45, 2.75) is 44.7 Å². The smallest absolute Gasteiger partial charge is 0.129 e. The average Bonchev–Trinajstić information content (AvgIpc) is 2.30. The molecule has 0 saturated heterocycles. The van der Waals surface area contributed by atoms with Crippen LogP contribution in [-0.4, -0.2) is 29.1 Å². The van der Waals surface area contributed by atoms with Gasteiger partial charge in [0.2, 0.25) is 0 Å². The number of anilines is 1. The summed E-state index contributed by atoms with van der Waals surface area (Å²) >= 11 is 0. The molecule has 1 heterocycles. The van der Waals surface area contributed by atoms with Gasteiger partial charge in [0.05, 0.1) is 0 Å². The first-order valence-electron chi connectivity index (χ1n) is 6.00. The standard InChI is InChI=1S/C12H20N4/c1-9-7-12(15-8-14-9)16-11-5-3-10(13-2)4-6-11/h7-8,10-11,13H,3-6H2,1-2H3,(H,14,15,16)/t10-,11+. The van der Waals surface area contributed by atoms with Crippen LogP contribution in [0.2, 0.25) is 0 Å². The van der Waals surface area contributed by atoms with Gasteiger partial charge in [0.15, 0.2) is 0 Å². The van der Waals surface area contributed by atoms with Crippen LogP contribution in [0.4, 0.5) is 5.82 Å². The Hall–Kier alpha value is -1.16. The van der Waals surface area contributed by atoms with Gasteiger partial charge in [-0.2, -0.15) is 0 Å². The van der Waals surface area contributed by atoms with Crippen molar-refractivity contribution >= 4 is 5.82 Å². The fraction of sp³-hybridized carbons (Fsp3) is 0.667. The fourth-order valence-corrected chi connectivity index (χ4v) is 2.27. The van der Waals surface area contributed by atoms with E-state index in [4.69, 9.17) is 0 Å². The Morgan fingerprint density at radius 3 is 2.44 bits per heavy atom. The number of hydrogen-bond acceptors (Lipinski definition) is 4. The van der Waals surface area contributed by atoms with Crippen LogP contribution in [0.3, 0.4) is 0 Å². The summed E-state index contributed by atoms with van der Waals surface area (Å²) < 4.78 is 0. The highest BCUT2D eigenvalue weighted by Crippen LogP contribution is 2.21. The molecule has 4 heteroatoms. The molecule has 1 saturated carbocycles. The molecule has 1 aromatic heterocycles. The molecule has 2 rings (SSSR count). The molecule has 0 bridgehead atoms. The van der Waals surface area contributed by atoms with E-state index in [-0.39, 0.29) is 0 Å². The van der Waals surface area contributed by atoms with Crippen LogP contribution in [0, 0.1) is 6.92 Å². The van der Waals surface area contributed by atoms with Crippen molar-refractivity contribution in [1.29, 1.82) is 0 Å². The summed E-state index contributed by atoms with van der Waals surface area (Å²) in [7, 11) is 2.05. The molecule has 1 aliphatic rings. The Labute approximate surface area is 96.9 Å². The maximum absolute atomic E-state index is 4.24. The zero-order valence-electron chi connectivity index (χ0n) is 10.0. The summed E-state index contributed by atoms with van der Waals surface area (Å²) in [6.45, 7) is 1.99. The van der Waals surface area contributed by atoms with E-state index in [0.29, 0.717) is 12.1 Å². The van der Waals surface area contributed by atoms with Gasteiger partial charge in [-0.25, -0.2) is 9.97 Å². The monoisotopic (exact) mass is 220 g/mol. The molecule has 0 aromatic carbocycles. The lowest BCUT2D eigenvalue weighted by Crippen LogP contribution is -2.35. The fourth-order valence-electron chi connectivity index (χ4n) is 2.27. The molecule has 1 aliphatic carbocycles. The largest absolute Gasteiger partial charge is 0.367 e. The minimum atomic E-state index is 0.568. The molecule has 1 fully saturated rings. The topological polar surface area (TPSA) is 49.8 Å². The molecule has 88 valence electrons. The second-order valence-electron chi connectivity index (χ2n) is 4.53. The summed E-state index contributed by atoms with van der Waals surface area (Å²) in [4.78, 5) is 8.33. The van der Waals surface area contributed by atoms with E-state index < -0.39 is 0 Å². The summed E-state index contributed by atoms with van der Waals surface area (Å²) in [5.41, 5.74) is 1.02. The average molecular weight is 220 g/mol. The van der Waals surface area contributed by atoms with Gasteiger partial charge in [0.1, 0.15) is 12.1 Å². The number of aromatic nitrogens is 2. The Kier molecular flexibility index (Phi) is 3.72. The molecule has 4 nitrogen and oxygen atoms in total. The van der Waals surface area contributed by atoms with Crippen LogP contribution in [0.1, 0.15) is 31.4 Å². The van der Waals surface area contributed by atoms with Crippen molar-refractivity contribution in [1.82, 2.24) is 15.3 Å². The third-order valence-electron chi connectivity index (χ3n) is 3.29. The SMILES string of the molecule is CN[C@H]1CC[C@@H](Nc2cc(C)ncn2)CC1. The number of nitrogens with one attached hydrogen (secondary N) is 2. The third-order valence-corrected chi connectivity index (χ3v) is 3.29. The summed E-state index contributed by atoms with van der Waals surface area (Å²) in [6.07, 6.45) is 6.55. The predicted molar refractivity (Wildman–Crippen MR) is 65.5 cm³/mol. The lowest BCUT2D eigenvalue weighted by atomic mass is 9.91. The molecule has 0 spiro atoms. The lowest BCUT2D eigenvalue weighted by molar-refractivity contribution is 0.371. The highest BCUT2D eigenvalue weighted by Gasteiger charge is 2.19. The number of nitrogens with zero attached hydrogens (tertiary/aromatic N) is 2.